The predicted octanol–water partition coefficient (Wildman–Crippen LogP) is 5.73. The Hall–Kier alpha value is -3.96. The lowest BCUT2D eigenvalue weighted by molar-refractivity contribution is -0.130. The lowest BCUT2D eigenvalue weighted by Crippen LogP contribution is -2.54. The molecule has 6 rings (SSSR count). The van der Waals surface area contributed by atoms with Crippen molar-refractivity contribution in [3.63, 3.8) is 0 Å². The van der Waals surface area contributed by atoms with Crippen molar-refractivity contribution in [3.05, 3.63) is 41.6 Å². The summed E-state index contributed by atoms with van der Waals surface area (Å²) in [6.07, 6.45) is 6.58. The van der Waals surface area contributed by atoms with Crippen LogP contribution in [0.4, 0.5) is 0 Å². The van der Waals surface area contributed by atoms with Crippen LogP contribution in [-0.4, -0.2) is 74.8 Å². The zero-order valence-electron chi connectivity index (χ0n) is 29.3. The second kappa shape index (κ2) is 13.9. The van der Waals surface area contributed by atoms with Crippen LogP contribution < -0.4 is 15.8 Å². The molecule has 0 spiro atoms. The molecular formula is C37H51N7O4. The molecule has 2 amide bonds. The van der Waals surface area contributed by atoms with Crippen molar-refractivity contribution < 1.29 is 19.1 Å². The van der Waals surface area contributed by atoms with E-state index in [2.05, 4.69) is 28.9 Å². The minimum atomic E-state index is -0.422. The SMILES string of the molecule is CCCO[C@@H]1CCN(C(=O)c2cc(OC)c3c(c2)nc(-c2cc4ccc5nc4n2CCCCCCC(C)(C)C(=O)N[C@@H]5C)n3C)C[C@@H]1N. The van der Waals surface area contributed by atoms with Gasteiger partial charge in [-0.15, -0.1) is 0 Å². The summed E-state index contributed by atoms with van der Waals surface area (Å²) < 4.78 is 16.1. The van der Waals surface area contributed by atoms with E-state index in [1.165, 1.54) is 0 Å². The molecule has 2 aliphatic rings. The van der Waals surface area contributed by atoms with Gasteiger partial charge in [0.25, 0.3) is 5.91 Å². The van der Waals surface area contributed by atoms with Crippen molar-refractivity contribution in [2.24, 2.45) is 18.2 Å². The van der Waals surface area contributed by atoms with Crippen LogP contribution in [0.5, 0.6) is 5.75 Å². The minimum absolute atomic E-state index is 0.0346. The van der Waals surface area contributed by atoms with Gasteiger partial charge in [0.15, 0.2) is 5.82 Å². The topological polar surface area (TPSA) is 130 Å². The number of ether oxygens (including phenoxy) is 2. The molecule has 2 bridgehead atoms. The molecule has 4 aromatic rings. The molecule has 1 aromatic carbocycles. The van der Waals surface area contributed by atoms with E-state index in [0.29, 0.717) is 42.9 Å². The van der Waals surface area contributed by atoms with Crippen molar-refractivity contribution in [2.45, 2.75) is 97.4 Å². The fraction of sp³-hybridized carbons (Fsp3) is 0.568. The number of hydrogen-bond acceptors (Lipinski definition) is 7. The van der Waals surface area contributed by atoms with Gasteiger partial charge in [-0.25, -0.2) is 9.97 Å². The molecule has 3 atom stereocenters. The van der Waals surface area contributed by atoms with Crippen LogP contribution in [0.25, 0.3) is 33.6 Å². The van der Waals surface area contributed by atoms with Gasteiger partial charge < -0.3 is 34.6 Å². The number of nitrogens with one attached hydrogen (secondary N) is 1. The van der Waals surface area contributed by atoms with Crippen molar-refractivity contribution in [1.82, 2.24) is 29.3 Å². The average Bonchev–Trinajstić information content (AvgIpc) is 3.60. The van der Waals surface area contributed by atoms with Crippen molar-refractivity contribution in [2.75, 3.05) is 26.8 Å². The Labute approximate surface area is 283 Å². The Morgan fingerprint density at radius 2 is 1.90 bits per heavy atom. The summed E-state index contributed by atoms with van der Waals surface area (Å²) in [5.74, 6) is 1.33. The maximum Gasteiger partial charge on any atom is 0.254 e. The fourth-order valence-electron chi connectivity index (χ4n) is 7.19. The maximum atomic E-state index is 13.8. The highest BCUT2D eigenvalue weighted by Gasteiger charge is 2.32. The molecule has 0 aliphatic carbocycles. The number of nitrogens with zero attached hydrogens (tertiary/aromatic N) is 5. The van der Waals surface area contributed by atoms with Gasteiger partial charge >= 0.3 is 0 Å². The van der Waals surface area contributed by atoms with Gasteiger partial charge in [0, 0.05) is 55.7 Å². The van der Waals surface area contributed by atoms with Gasteiger partial charge in [0.05, 0.1) is 36.2 Å². The van der Waals surface area contributed by atoms with Gasteiger partial charge in [-0.05, 0) is 62.9 Å². The summed E-state index contributed by atoms with van der Waals surface area (Å²) in [6, 6.07) is 9.44. The third kappa shape index (κ3) is 6.54. The average molecular weight is 658 g/mol. The zero-order chi connectivity index (χ0) is 34.2. The molecule has 2 aliphatic heterocycles. The number of likely N-dealkylation sites (tertiary alicyclic amines) is 1. The Balaban J connectivity index is 1.37. The first kappa shape index (κ1) is 33.9. The number of aryl methyl sites for hydroxylation is 2. The monoisotopic (exact) mass is 657 g/mol. The number of rotatable bonds is 6. The number of carbonyl (C=O) groups excluding carboxylic acids is 2. The van der Waals surface area contributed by atoms with Gasteiger partial charge in [0.2, 0.25) is 5.91 Å². The third-order valence-electron chi connectivity index (χ3n) is 10.2. The summed E-state index contributed by atoms with van der Waals surface area (Å²) in [4.78, 5) is 39.0. The number of carbonyl (C=O) groups is 2. The van der Waals surface area contributed by atoms with E-state index < -0.39 is 5.41 Å². The fourth-order valence-corrected chi connectivity index (χ4v) is 7.19. The molecular weight excluding hydrogens is 606 g/mol. The van der Waals surface area contributed by atoms with Gasteiger partial charge in [-0.1, -0.05) is 40.0 Å². The maximum absolute atomic E-state index is 13.8. The number of piperidine rings is 1. The first-order valence-electron chi connectivity index (χ1n) is 17.5. The predicted molar refractivity (Wildman–Crippen MR) is 188 cm³/mol. The molecule has 11 heteroatoms. The number of aromatic nitrogens is 4. The number of nitrogens with two attached hydrogens (primary N) is 1. The largest absolute Gasteiger partial charge is 0.494 e. The minimum Gasteiger partial charge on any atom is -0.494 e. The highest BCUT2D eigenvalue weighted by atomic mass is 16.5. The van der Waals surface area contributed by atoms with E-state index in [0.717, 1.165) is 78.8 Å². The van der Waals surface area contributed by atoms with E-state index in [-0.39, 0.29) is 30.0 Å². The Kier molecular flexibility index (Phi) is 9.81. The van der Waals surface area contributed by atoms with E-state index in [1.807, 2.05) is 55.5 Å². The highest BCUT2D eigenvalue weighted by molar-refractivity contribution is 6.00. The first-order chi connectivity index (χ1) is 23.0. The molecule has 11 nitrogen and oxygen atoms in total. The molecule has 1 fully saturated rings. The number of amides is 2. The summed E-state index contributed by atoms with van der Waals surface area (Å²) in [7, 11) is 3.61. The molecule has 5 heterocycles. The smallest absolute Gasteiger partial charge is 0.254 e. The summed E-state index contributed by atoms with van der Waals surface area (Å²) in [6.45, 7) is 10.6. The van der Waals surface area contributed by atoms with Crippen LogP contribution in [-0.2, 0) is 23.1 Å². The third-order valence-corrected chi connectivity index (χ3v) is 10.2. The molecule has 48 heavy (non-hydrogen) atoms. The molecule has 3 N–H and O–H groups in total. The normalized spacial score (nSPS) is 22.2. The zero-order valence-corrected chi connectivity index (χ0v) is 29.3. The number of fused-ring (bicyclic) bond motifs is 2. The Morgan fingerprint density at radius 1 is 1.10 bits per heavy atom. The number of methoxy groups -OCH3 is 1. The lowest BCUT2D eigenvalue weighted by Gasteiger charge is -2.36. The van der Waals surface area contributed by atoms with E-state index in [4.69, 9.17) is 25.2 Å². The van der Waals surface area contributed by atoms with Crippen LogP contribution in [0.1, 0.15) is 94.7 Å². The van der Waals surface area contributed by atoms with Gasteiger partial charge in [-0.2, -0.15) is 0 Å². The summed E-state index contributed by atoms with van der Waals surface area (Å²) in [5, 5.41) is 4.22. The Bertz CT molecular complexity index is 1810. The molecule has 0 saturated carbocycles. The van der Waals surface area contributed by atoms with Gasteiger partial charge in [0.1, 0.15) is 16.9 Å². The molecule has 0 radical (unpaired) electrons. The number of imidazole rings is 1. The second-order valence-corrected chi connectivity index (χ2v) is 14.2. The van der Waals surface area contributed by atoms with Crippen molar-refractivity contribution in [1.29, 1.82) is 0 Å². The molecule has 258 valence electrons. The summed E-state index contributed by atoms with van der Waals surface area (Å²) in [5.41, 5.74) is 10.7. The van der Waals surface area contributed by atoms with Gasteiger partial charge in [-0.3, -0.25) is 9.59 Å². The second-order valence-electron chi connectivity index (χ2n) is 14.2. The first-order valence-corrected chi connectivity index (χ1v) is 17.5. The quantitative estimate of drug-likeness (QED) is 0.271. The van der Waals surface area contributed by atoms with Crippen molar-refractivity contribution >= 4 is 33.9 Å². The summed E-state index contributed by atoms with van der Waals surface area (Å²) >= 11 is 0. The molecule has 1 saturated heterocycles. The van der Waals surface area contributed by atoms with Crippen LogP contribution in [0.3, 0.4) is 0 Å². The standard InChI is InChI=1S/C37H51N7O4/c1-7-18-48-30-14-17-43(22-26(30)38)35(45)25-19-28-32(31(21-25)47-6)42(5)34(41-28)29-20-24-12-13-27-23(2)39-36(46)37(3,4)15-10-8-9-11-16-44(29)33(24)40-27/h12-13,19-21,23,26,30H,7-11,14-18,22,38H2,1-6H3,(H,39,46)/t23-,26+,30-/m1/s1. The molecule has 3 aromatic heterocycles. The van der Waals surface area contributed by atoms with Crippen LogP contribution >= 0.6 is 0 Å². The van der Waals surface area contributed by atoms with E-state index >= 15 is 0 Å². The lowest BCUT2D eigenvalue weighted by atomic mass is 9.85. The van der Waals surface area contributed by atoms with Crippen LogP contribution in [0.15, 0.2) is 30.3 Å². The Morgan fingerprint density at radius 3 is 2.65 bits per heavy atom. The molecule has 0 unspecified atom stereocenters. The number of pyridine rings is 1. The number of hydrogen-bond donors (Lipinski definition) is 2. The highest BCUT2D eigenvalue weighted by Crippen LogP contribution is 2.35. The van der Waals surface area contributed by atoms with Crippen LogP contribution in [0, 0.1) is 5.41 Å². The van der Waals surface area contributed by atoms with Crippen molar-refractivity contribution in [3.8, 4) is 17.3 Å². The number of benzene rings is 1. The van der Waals surface area contributed by atoms with Crippen LogP contribution in [0.2, 0.25) is 0 Å². The van der Waals surface area contributed by atoms with E-state index in [9.17, 15) is 9.59 Å². The van der Waals surface area contributed by atoms with E-state index in [1.54, 1.807) is 7.11 Å².